The van der Waals surface area contributed by atoms with Crippen molar-refractivity contribution >= 4 is 17.5 Å². The maximum absolute atomic E-state index is 11.6. The number of aromatic nitrogens is 2. The first kappa shape index (κ1) is 15.0. The number of aryl methyl sites for hydroxylation is 2. The van der Waals surface area contributed by atoms with Crippen LogP contribution in [0.3, 0.4) is 0 Å². The van der Waals surface area contributed by atoms with Gasteiger partial charge < -0.3 is 10.1 Å². The maximum Gasteiger partial charge on any atom is 0.221 e. The van der Waals surface area contributed by atoms with Gasteiger partial charge in [-0.3, -0.25) is 9.48 Å². The number of nitrogens with one attached hydrogen (secondary N) is 1. The zero-order valence-corrected chi connectivity index (χ0v) is 11.9. The highest BCUT2D eigenvalue weighted by Gasteiger charge is 2.10. The lowest BCUT2D eigenvalue weighted by Crippen LogP contribution is -2.26. The van der Waals surface area contributed by atoms with Gasteiger partial charge in [0.25, 0.3) is 0 Å². The minimum Gasteiger partial charge on any atom is -0.385 e. The number of carbonyl (C=O) groups is 1. The zero-order valence-electron chi connectivity index (χ0n) is 11.1. The van der Waals surface area contributed by atoms with Crippen molar-refractivity contribution < 1.29 is 9.53 Å². The van der Waals surface area contributed by atoms with Gasteiger partial charge in [0.15, 0.2) is 0 Å². The summed E-state index contributed by atoms with van der Waals surface area (Å²) in [7, 11) is 1.65. The topological polar surface area (TPSA) is 56.1 Å². The normalized spacial score (nSPS) is 10.7. The fourth-order valence-electron chi connectivity index (χ4n) is 1.63. The zero-order chi connectivity index (χ0) is 13.5. The number of ether oxygens (including phenoxy) is 1. The van der Waals surface area contributed by atoms with Crippen LogP contribution in [0.25, 0.3) is 0 Å². The highest BCUT2D eigenvalue weighted by Crippen LogP contribution is 2.18. The summed E-state index contributed by atoms with van der Waals surface area (Å²) < 4.78 is 6.67. The minimum atomic E-state index is 0.0229. The smallest absolute Gasteiger partial charge is 0.221 e. The summed E-state index contributed by atoms with van der Waals surface area (Å²) >= 11 is 6.03. The molecule has 0 aliphatic rings. The predicted molar refractivity (Wildman–Crippen MR) is 70.8 cm³/mol. The van der Waals surface area contributed by atoms with Crippen LogP contribution in [-0.2, 0) is 16.1 Å². The molecule has 0 aliphatic carbocycles. The molecule has 0 saturated heterocycles. The Morgan fingerprint density at radius 2 is 2.22 bits per heavy atom. The Bertz CT molecular complexity index is 404. The van der Waals surface area contributed by atoms with Gasteiger partial charge in [0.2, 0.25) is 5.91 Å². The Balaban J connectivity index is 2.31. The van der Waals surface area contributed by atoms with Gasteiger partial charge >= 0.3 is 0 Å². The van der Waals surface area contributed by atoms with Gasteiger partial charge in [-0.25, -0.2) is 0 Å². The molecule has 0 aliphatic heterocycles. The molecular formula is C12H20ClN3O2. The molecule has 1 aromatic heterocycles. The highest BCUT2D eigenvalue weighted by atomic mass is 35.5. The summed E-state index contributed by atoms with van der Waals surface area (Å²) in [6.45, 7) is 5.61. The molecule has 0 fully saturated rings. The van der Waals surface area contributed by atoms with Crippen molar-refractivity contribution in [3.63, 3.8) is 0 Å². The number of rotatable bonds is 7. The van der Waals surface area contributed by atoms with Crippen LogP contribution in [0.4, 0.5) is 0 Å². The van der Waals surface area contributed by atoms with Crippen molar-refractivity contribution in [3.8, 4) is 0 Å². The number of hydrogen-bond donors (Lipinski definition) is 1. The summed E-state index contributed by atoms with van der Waals surface area (Å²) in [5, 5.41) is 7.79. The Morgan fingerprint density at radius 3 is 2.78 bits per heavy atom. The second kappa shape index (κ2) is 7.38. The van der Waals surface area contributed by atoms with E-state index in [2.05, 4.69) is 10.4 Å². The van der Waals surface area contributed by atoms with Gasteiger partial charge in [0.05, 0.1) is 23.0 Å². The van der Waals surface area contributed by atoms with E-state index in [4.69, 9.17) is 16.3 Å². The number of amides is 1. The Kier molecular flexibility index (Phi) is 6.15. The summed E-state index contributed by atoms with van der Waals surface area (Å²) in [4.78, 5) is 11.6. The first-order chi connectivity index (χ1) is 8.56. The summed E-state index contributed by atoms with van der Waals surface area (Å²) in [5.41, 5.74) is 1.70. The molecule has 1 N–H and O–H groups in total. The van der Waals surface area contributed by atoms with Gasteiger partial charge in [0.1, 0.15) is 0 Å². The van der Waals surface area contributed by atoms with Crippen molar-refractivity contribution in [2.75, 3.05) is 20.3 Å². The van der Waals surface area contributed by atoms with Gasteiger partial charge in [-0.1, -0.05) is 11.6 Å². The van der Waals surface area contributed by atoms with Crippen LogP contribution >= 0.6 is 11.6 Å². The molecule has 1 aromatic rings. The largest absolute Gasteiger partial charge is 0.385 e. The fourth-order valence-corrected chi connectivity index (χ4v) is 1.77. The molecule has 102 valence electrons. The predicted octanol–water partition coefficient (Wildman–Crippen LogP) is 1.70. The Hall–Kier alpha value is -1.07. The molecule has 0 atom stereocenters. The van der Waals surface area contributed by atoms with Gasteiger partial charge in [-0.05, 0) is 20.3 Å². The molecule has 0 spiro atoms. The average molecular weight is 274 g/mol. The van der Waals surface area contributed by atoms with Crippen LogP contribution in [0.2, 0.25) is 5.02 Å². The monoisotopic (exact) mass is 273 g/mol. The molecule has 5 nitrogen and oxygen atoms in total. The van der Waals surface area contributed by atoms with Crippen molar-refractivity contribution in [1.82, 2.24) is 15.1 Å². The van der Waals surface area contributed by atoms with Crippen molar-refractivity contribution in [2.24, 2.45) is 0 Å². The van der Waals surface area contributed by atoms with E-state index in [1.807, 2.05) is 13.8 Å². The van der Waals surface area contributed by atoms with E-state index in [1.54, 1.807) is 11.8 Å². The molecule has 6 heteroatoms. The third-order valence-electron chi connectivity index (χ3n) is 2.69. The Morgan fingerprint density at radius 1 is 1.50 bits per heavy atom. The quantitative estimate of drug-likeness (QED) is 0.770. The lowest BCUT2D eigenvalue weighted by atomic mass is 10.3. The molecule has 1 rings (SSSR count). The fraction of sp³-hybridized carbons (Fsp3) is 0.667. The summed E-state index contributed by atoms with van der Waals surface area (Å²) in [6.07, 6.45) is 1.24. The van der Waals surface area contributed by atoms with Crippen LogP contribution in [0.1, 0.15) is 24.2 Å². The molecule has 0 unspecified atom stereocenters. The van der Waals surface area contributed by atoms with Gasteiger partial charge in [-0.15, -0.1) is 0 Å². The molecule has 1 heterocycles. The van der Waals surface area contributed by atoms with E-state index in [0.29, 0.717) is 31.1 Å². The molecular weight excluding hydrogens is 254 g/mol. The number of methoxy groups -OCH3 is 1. The lowest BCUT2D eigenvalue weighted by molar-refractivity contribution is -0.121. The van der Waals surface area contributed by atoms with Crippen LogP contribution in [-0.4, -0.2) is 35.9 Å². The molecule has 18 heavy (non-hydrogen) atoms. The van der Waals surface area contributed by atoms with Crippen molar-refractivity contribution in [3.05, 3.63) is 16.4 Å². The molecule has 0 saturated carbocycles. The molecule has 0 bridgehead atoms. The third-order valence-corrected chi connectivity index (χ3v) is 3.24. The summed E-state index contributed by atoms with van der Waals surface area (Å²) in [6, 6.07) is 0. The third kappa shape index (κ3) is 4.31. The van der Waals surface area contributed by atoms with E-state index < -0.39 is 0 Å². The second-order valence-corrected chi connectivity index (χ2v) is 4.53. The first-order valence-electron chi connectivity index (χ1n) is 6.01. The van der Waals surface area contributed by atoms with Crippen LogP contribution in [0, 0.1) is 13.8 Å². The Labute approximate surface area is 112 Å². The molecule has 0 radical (unpaired) electrons. The maximum atomic E-state index is 11.6. The first-order valence-corrected chi connectivity index (χ1v) is 6.39. The lowest BCUT2D eigenvalue weighted by Gasteiger charge is -2.06. The number of carbonyl (C=O) groups excluding carboxylic acids is 1. The number of halogens is 1. The van der Waals surface area contributed by atoms with Crippen molar-refractivity contribution in [1.29, 1.82) is 0 Å². The van der Waals surface area contributed by atoms with E-state index in [9.17, 15) is 4.79 Å². The number of hydrogen-bond acceptors (Lipinski definition) is 3. The van der Waals surface area contributed by atoms with E-state index in [1.165, 1.54) is 0 Å². The van der Waals surface area contributed by atoms with Crippen LogP contribution in [0.5, 0.6) is 0 Å². The summed E-state index contributed by atoms with van der Waals surface area (Å²) in [5.74, 6) is 0.0229. The van der Waals surface area contributed by atoms with Gasteiger partial charge in [0, 0.05) is 26.7 Å². The SMILES string of the molecule is COCCCNC(=O)CCn1nc(C)c(Cl)c1C. The van der Waals surface area contributed by atoms with E-state index in [-0.39, 0.29) is 5.91 Å². The van der Waals surface area contributed by atoms with E-state index in [0.717, 1.165) is 17.8 Å². The van der Waals surface area contributed by atoms with Crippen LogP contribution in [0.15, 0.2) is 0 Å². The van der Waals surface area contributed by atoms with Crippen molar-refractivity contribution in [2.45, 2.75) is 33.2 Å². The minimum absolute atomic E-state index is 0.0229. The number of nitrogens with zero attached hydrogens (tertiary/aromatic N) is 2. The van der Waals surface area contributed by atoms with Gasteiger partial charge in [-0.2, -0.15) is 5.10 Å². The van der Waals surface area contributed by atoms with E-state index >= 15 is 0 Å². The van der Waals surface area contributed by atoms with Crippen LogP contribution < -0.4 is 5.32 Å². The molecule has 1 amide bonds. The second-order valence-electron chi connectivity index (χ2n) is 4.15. The highest BCUT2D eigenvalue weighted by molar-refractivity contribution is 6.31. The molecule has 0 aromatic carbocycles. The standard InChI is InChI=1S/C12H20ClN3O2/c1-9-12(13)10(2)16(15-9)7-5-11(17)14-6-4-8-18-3/h4-8H2,1-3H3,(H,14,17). The average Bonchev–Trinajstić information content (AvgIpc) is 2.60.